The largest absolute Gasteiger partial charge is 0.457 e. The number of rotatable bonds is 8. The first-order valence-corrected chi connectivity index (χ1v) is 11.9. The van der Waals surface area contributed by atoms with Gasteiger partial charge in [0.2, 0.25) is 5.78 Å². The minimum atomic E-state index is -0.354. The van der Waals surface area contributed by atoms with Crippen LogP contribution in [0.2, 0.25) is 0 Å². The summed E-state index contributed by atoms with van der Waals surface area (Å²) in [4.78, 5) is 29.6. The molecule has 0 fully saturated rings. The predicted octanol–water partition coefficient (Wildman–Crippen LogP) is 6.07. The second-order valence-electron chi connectivity index (χ2n) is 8.40. The summed E-state index contributed by atoms with van der Waals surface area (Å²) in [7, 11) is 0. The van der Waals surface area contributed by atoms with Crippen molar-refractivity contribution < 1.29 is 14.3 Å². The SMILES string of the molecule is Cc1ccc(-n2c(C)cc(C(=O)COC(=O)CCCc3nc4ccccc4s3)c2C)cc1C. The Balaban J connectivity index is 1.32. The summed E-state index contributed by atoms with van der Waals surface area (Å²) >= 11 is 1.65. The Kier molecular flexibility index (Phi) is 6.75. The molecule has 6 heteroatoms. The number of carbonyl (C=O) groups excluding carboxylic acids is 2. The van der Waals surface area contributed by atoms with E-state index in [1.54, 1.807) is 11.3 Å². The van der Waals surface area contributed by atoms with Crippen molar-refractivity contribution in [2.45, 2.75) is 47.0 Å². The van der Waals surface area contributed by atoms with E-state index in [0.717, 1.165) is 38.7 Å². The van der Waals surface area contributed by atoms with Crippen molar-refractivity contribution in [2.24, 2.45) is 0 Å². The van der Waals surface area contributed by atoms with Crippen LogP contribution in [0, 0.1) is 27.7 Å². The monoisotopic (exact) mass is 460 g/mol. The highest BCUT2D eigenvalue weighted by atomic mass is 32.1. The Morgan fingerprint density at radius 2 is 1.79 bits per heavy atom. The van der Waals surface area contributed by atoms with Gasteiger partial charge in [-0.3, -0.25) is 9.59 Å². The highest BCUT2D eigenvalue weighted by Crippen LogP contribution is 2.24. The first-order valence-electron chi connectivity index (χ1n) is 11.1. The summed E-state index contributed by atoms with van der Waals surface area (Å²) in [6.45, 7) is 7.83. The molecular weight excluding hydrogens is 432 g/mol. The maximum absolute atomic E-state index is 12.8. The van der Waals surface area contributed by atoms with E-state index >= 15 is 0 Å². The average Bonchev–Trinajstić information content (AvgIpc) is 3.34. The predicted molar refractivity (Wildman–Crippen MR) is 133 cm³/mol. The maximum Gasteiger partial charge on any atom is 0.306 e. The number of fused-ring (bicyclic) bond motifs is 1. The number of ether oxygens (including phenoxy) is 1. The molecule has 4 aromatic rings. The Morgan fingerprint density at radius 3 is 2.55 bits per heavy atom. The van der Waals surface area contributed by atoms with Gasteiger partial charge in [0.15, 0.2) is 6.61 Å². The summed E-state index contributed by atoms with van der Waals surface area (Å²) in [5.41, 5.74) is 6.87. The third-order valence-electron chi connectivity index (χ3n) is 5.95. The van der Waals surface area contributed by atoms with E-state index < -0.39 is 0 Å². The molecule has 0 bridgehead atoms. The lowest BCUT2D eigenvalue weighted by Gasteiger charge is -2.12. The molecule has 0 amide bonds. The molecule has 0 atom stereocenters. The van der Waals surface area contributed by atoms with Gasteiger partial charge in [0.05, 0.1) is 15.2 Å². The molecule has 0 spiro atoms. The van der Waals surface area contributed by atoms with Gasteiger partial charge in [-0.2, -0.15) is 0 Å². The number of aromatic nitrogens is 2. The van der Waals surface area contributed by atoms with Crippen LogP contribution in [-0.4, -0.2) is 27.9 Å². The second-order valence-corrected chi connectivity index (χ2v) is 9.52. The summed E-state index contributed by atoms with van der Waals surface area (Å²) in [6, 6.07) is 16.1. The molecule has 0 N–H and O–H groups in total. The smallest absolute Gasteiger partial charge is 0.306 e. The number of benzene rings is 2. The van der Waals surface area contributed by atoms with Gasteiger partial charge in [-0.15, -0.1) is 11.3 Å². The van der Waals surface area contributed by atoms with Gasteiger partial charge < -0.3 is 9.30 Å². The molecule has 0 radical (unpaired) electrons. The van der Waals surface area contributed by atoms with Crippen LogP contribution in [0.3, 0.4) is 0 Å². The highest BCUT2D eigenvalue weighted by Gasteiger charge is 2.18. The van der Waals surface area contributed by atoms with Crippen molar-refractivity contribution in [1.82, 2.24) is 9.55 Å². The number of carbonyl (C=O) groups is 2. The molecule has 0 aliphatic rings. The average molecular weight is 461 g/mol. The number of esters is 1. The fraction of sp³-hybridized carbons (Fsp3) is 0.296. The van der Waals surface area contributed by atoms with Crippen LogP contribution >= 0.6 is 11.3 Å². The first kappa shape index (κ1) is 22.9. The van der Waals surface area contributed by atoms with Crippen LogP contribution in [0.5, 0.6) is 0 Å². The van der Waals surface area contributed by atoms with Gasteiger partial charge in [-0.05, 0) is 82.0 Å². The maximum atomic E-state index is 12.8. The van der Waals surface area contributed by atoms with Crippen molar-refractivity contribution in [3.05, 3.63) is 81.6 Å². The lowest BCUT2D eigenvalue weighted by atomic mass is 10.1. The van der Waals surface area contributed by atoms with Crippen LogP contribution in [0.25, 0.3) is 15.9 Å². The number of hydrogen-bond donors (Lipinski definition) is 0. The molecule has 170 valence electrons. The Bertz CT molecular complexity index is 1300. The molecule has 0 saturated carbocycles. The highest BCUT2D eigenvalue weighted by molar-refractivity contribution is 7.18. The summed E-state index contributed by atoms with van der Waals surface area (Å²) in [5, 5.41) is 1.01. The summed E-state index contributed by atoms with van der Waals surface area (Å²) in [6.07, 6.45) is 1.64. The van der Waals surface area contributed by atoms with E-state index in [9.17, 15) is 9.59 Å². The van der Waals surface area contributed by atoms with E-state index in [4.69, 9.17) is 4.74 Å². The van der Waals surface area contributed by atoms with Crippen LogP contribution < -0.4 is 0 Å². The normalized spacial score (nSPS) is 11.2. The molecule has 4 rings (SSSR count). The fourth-order valence-electron chi connectivity index (χ4n) is 4.01. The number of ketones is 1. The van der Waals surface area contributed by atoms with Crippen molar-refractivity contribution >= 4 is 33.3 Å². The number of aryl methyl sites for hydroxylation is 4. The molecule has 5 nitrogen and oxygen atoms in total. The molecule has 2 aromatic carbocycles. The van der Waals surface area contributed by atoms with Crippen molar-refractivity contribution in [2.75, 3.05) is 6.61 Å². The Labute approximate surface area is 198 Å². The lowest BCUT2D eigenvalue weighted by molar-refractivity contribution is -0.142. The molecule has 0 unspecified atom stereocenters. The van der Waals surface area contributed by atoms with Gasteiger partial charge in [-0.1, -0.05) is 18.2 Å². The van der Waals surface area contributed by atoms with E-state index in [1.807, 2.05) is 44.2 Å². The third kappa shape index (κ3) is 5.06. The van der Waals surface area contributed by atoms with Crippen molar-refractivity contribution in [1.29, 1.82) is 0 Å². The van der Waals surface area contributed by atoms with Crippen LogP contribution in [-0.2, 0) is 16.0 Å². The van der Waals surface area contributed by atoms with E-state index in [2.05, 4.69) is 41.6 Å². The molecule has 2 aromatic heterocycles. The molecule has 2 heterocycles. The lowest BCUT2D eigenvalue weighted by Crippen LogP contribution is -2.15. The minimum Gasteiger partial charge on any atom is -0.457 e. The standard InChI is InChI=1S/C27H28N2O3S/c1-17-12-13-21(14-18(17)2)29-19(3)15-22(20(29)4)24(30)16-32-27(31)11-7-10-26-28-23-8-5-6-9-25(23)33-26/h5-6,8-9,12-15H,7,10-11,16H2,1-4H3. The van der Waals surface area contributed by atoms with Gasteiger partial charge >= 0.3 is 5.97 Å². The minimum absolute atomic E-state index is 0.183. The van der Waals surface area contributed by atoms with Crippen LogP contribution in [0.1, 0.15) is 50.7 Å². The Hall–Kier alpha value is -3.25. The van der Waals surface area contributed by atoms with Gasteiger partial charge in [0.25, 0.3) is 0 Å². The molecule has 0 saturated heterocycles. The molecule has 33 heavy (non-hydrogen) atoms. The van der Waals surface area contributed by atoms with Gasteiger partial charge in [-0.25, -0.2) is 4.98 Å². The summed E-state index contributed by atoms with van der Waals surface area (Å²) < 4.78 is 8.51. The van der Waals surface area contributed by atoms with Crippen molar-refractivity contribution in [3.63, 3.8) is 0 Å². The van der Waals surface area contributed by atoms with E-state index in [-0.39, 0.29) is 24.8 Å². The molecule has 0 aliphatic carbocycles. The third-order valence-corrected chi connectivity index (χ3v) is 7.05. The number of thiazole rings is 1. The van der Waals surface area contributed by atoms with E-state index in [1.165, 1.54) is 11.1 Å². The number of nitrogens with zero attached hydrogens (tertiary/aromatic N) is 2. The van der Waals surface area contributed by atoms with Crippen LogP contribution in [0.4, 0.5) is 0 Å². The van der Waals surface area contributed by atoms with E-state index in [0.29, 0.717) is 12.0 Å². The van der Waals surface area contributed by atoms with Gasteiger partial charge in [0.1, 0.15) is 0 Å². The Morgan fingerprint density at radius 1 is 1.00 bits per heavy atom. The molecule has 0 aliphatic heterocycles. The van der Waals surface area contributed by atoms with Crippen molar-refractivity contribution in [3.8, 4) is 5.69 Å². The number of Topliss-reactive ketones (excluding diaryl/α,β-unsaturated/α-hetero) is 1. The van der Waals surface area contributed by atoms with Gasteiger partial charge in [0, 0.05) is 29.1 Å². The quantitative estimate of drug-likeness (QED) is 0.236. The fourth-order valence-corrected chi connectivity index (χ4v) is 5.02. The second kappa shape index (κ2) is 9.71. The van der Waals surface area contributed by atoms with Crippen LogP contribution in [0.15, 0.2) is 48.5 Å². The summed E-state index contributed by atoms with van der Waals surface area (Å²) in [5.74, 6) is -0.537. The zero-order chi connectivity index (χ0) is 23.5. The zero-order valence-electron chi connectivity index (χ0n) is 19.5. The number of hydrogen-bond acceptors (Lipinski definition) is 5. The zero-order valence-corrected chi connectivity index (χ0v) is 20.3. The number of para-hydroxylation sites is 1. The first-order chi connectivity index (χ1) is 15.8. The topological polar surface area (TPSA) is 61.2 Å². The molecular formula is C27H28N2O3S.